The Morgan fingerprint density at radius 3 is 2.16 bits per heavy atom. The lowest BCUT2D eigenvalue weighted by molar-refractivity contribution is -0.141. The highest BCUT2D eigenvalue weighted by Crippen LogP contribution is 2.14. The van der Waals surface area contributed by atoms with Gasteiger partial charge in [0.1, 0.15) is 6.04 Å². The summed E-state index contributed by atoms with van der Waals surface area (Å²) in [6.45, 7) is 7.21. The Morgan fingerprint density at radius 2 is 1.79 bits per heavy atom. The average molecular weight is 273 g/mol. The topological polar surface area (TPSA) is 72.9 Å². The molecule has 6 nitrogen and oxygen atoms in total. The van der Waals surface area contributed by atoms with Crippen LogP contribution in [0.1, 0.15) is 27.2 Å². The third-order valence-electron chi connectivity index (χ3n) is 2.92. The number of urea groups is 1. The van der Waals surface area contributed by atoms with Crippen LogP contribution in [0.3, 0.4) is 0 Å². The van der Waals surface area contributed by atoms with Gasteiger partial charge in [-0.05, 0) is 25.9 Å². The molecule has 2 N–H and O–H groups in total. The van der Waals surface area contributed by atoms with Crippen molar-refractivity contribution >= 4 is 12.0 Å². The Kier molecular flexibility index (Phi) is 6.83. The first-order valence-corrected chi connectivity index (χ1v) is 6.49. The summed E-state index contributed by atoms with van der Waals surface area (Å²) in [5.41, 5.74) is -0.0645. The molecule has 0 aromatic rings. The fraction of sp³-hybridized carbons (Fsp3) is 0.846. The second kappa shape index (κ2) is 7.33. The molecule has 0 bridgehead atoms. The molecule has 0 aromatic heterocycles. The largest absolute Gasteiger partial charge is 0.480 e. The van der Waals surface area contributed by atoms with Crippen LogP contribution in [0, 0.1) is 5.41 Å². The van der Waals surface area contributed by atoms with Gasteiger partial charge in [0.2, 0.25) is 0 Å². The number of carboxylic acids is 1. The molecule has 19 heavy (non-hydrogen) atoms. The van der Waals surface area contributed by atoms with Crippen molar-refractivity contribution in [2.24, 2.45) is 5.41 Å². The van der Waals surface area contributed by atoms with Crippen LogP contribution in [-0.4, -0.2) is 67.2 Å². The van der Waals surface area contributed by atoms with Crippen molar-refractivity contribution < 1.29 is 14.7 Å². The Morgan fingerprint density at radius 1 is 1.26 bits per heavy atom. The predicted octanol–water partition coefficient (Wildman–Crippen LogP) is 1.08. The Bertz CT molecular complexity index is 316. The van der Waals surface area contributed by atoms with Crippen LogP contribution in [0.2, 0.25) is 0 Å². The molecular formula is C13H27N3O3. The molecule has 0 radical (unpaired) electrons. The van der Waals surface area contributed by atoms with Gasteiger partial charge in [-0.1, -0.05) is 20.8 Å². The summed E-state index contributed by atoms with van der Waals surface area (Å²) < 4.78 is 0. The Labute approximate surface area is 115 Å². The third kappa shape index (κ3) is 6.42. The molecule has 0 heterocycles. The van der Waals surface area contributed by atoms with Crippen LogP contribution in [0.25, 0.3) is 0 Å². The van der Waals surface area contributed by atoms with E-state index in [4.69, 9.17) is 5.11 Å². The number of carbonyl (C=O) groups excluding carboxylic acids is 1. The number of amides is 2. The molecule has 6 heteroatoms. The predicted molar refractivity (Wildman–Crippen MR) is 75.2 cm³/mol. The molecule has 2 amide bonds. The fourth-order valence-corrected chi connectivity index (χ4v) is 2.11. The standard InChI is InChI=1S/C13H27N3O3/c1-7-10(11(17)18)16(6)12(19)14-8-13(2,3)9-15(4)5/h10H,7-9H2,1-6H3,(H,14,19)(H,17,18). The van der Waals surface area contributed by atoms with Gasteiger partial charge >= 0.3 is 12.0 Å². The van der Waals surface area contributed by atoms with E-state index in [2.05, 4.69) is 24.1 Å². The number of hydrogen-bond acceptors (Lipinski definition) is 3. The fourth-order valence-electron chi connectivity index (χ4n) is 2.11. The number of carboxylic acid groups (broad SMARTS) is 1. The Balaban J connectivity index is 4.42. The van der Waals surface area contributed by atoms with Gasteiger partial charge in [0.05, 0.1) is 0 Å². The van der Waals surface area contributed by atoms with E-state index in [1.54, 1.807) is 6.92 Å². The minimum atomic E-state index is -0.979. The van der Waals surface area contributed by atoms with E-state index in [1.165, 1.54) is 11.9 Å². The van der Waals surface area contributed by atoms with Gasteiger partial charge in [-0.3, -0.25) is 0 Å². The minimum absolute atomic E-state index is 0.0645. The normalized spacial score (nSPS) is 13.2. The molecule has 112 valence electrons. The first-order chi connectivity index (χ1) is 8.60. The van der Waals surface area contributed by atoms with Gasteiger partial charge in [-0.2, -0.15) is 0 Å². The lowest BCUT2D eigenvalue weighted by Crippen LogP contribution is -2.49. The molecule has 1 unspecified atom stereocenters. The maximum Gasteiger partial charge on any atom is 0.326 e. The third-order valence-corrected chi connectivity index (χ3v) is 2.92. The monoisotopic (exact) mass is 273 g/mol. The van der Waals surface area contributed by atoms with Crippen molar-refractivity contribution in [1.29, 1.82) is 0 Å². The van der Waals surface area contributed by atoms with Crippen LogP contribution in [0.15, 0.2) is 0 Å². The van der Waals surface area contributed by atoms with Gasteiger partial charge < -0.3 is 20.2 Å². The van der Waals surface area contributed by atoms with Crippen molar-refractivity contribution in [2.45, 2.75) is 33.2 Å². The molecule has 0 saturated heterocycles. The highest BCUT2D eigenvalue weighted by Gasteiger charge is 2.26. The zero-order chi connectivity index (χ0) is 15.2. The molecule has 0 saturated carbocycles. The van der Waals surface area contributed by atoms with E-state index < -0.39 is 12.0 Å². The van der Waals surface area contributed by atoms with Crippen molar-refractivity contribution in [3.05, 3.63) is 0 Å². The first-order valence-electron chi connectivity index (χ1n) is 6.49. The van der Waals surface area contributed by atoms with Gasteiger partial charge in [-0.15, -0.1) is 0 Å². The van der Waals surface area contributed by atoms with Gasteiger partial charge in [0, 0.05) is 20.1 Å². The highest BCUT2D eigenvalue weighted by molar-refractivity contribution is 5.82. The van der Waals surface area contributed by atoms with Crippen molar-refractivity contribution in [3.63, 3.8) is 0 Å². The van der Waals surface area contributed by atoms with Crippen molar-refractivity contribution in [2.75, 3.05) is 34.2 Å². The number of aliphatic carboxylic acids is 1. The van der Waals surface area contributed by atoms with E-state index in [-0.39, 0.29) is 11.4 Å². The maximum atomic E-state index is 11.9. The smallest absolute Gasteiger partial charge is 0.326 e. The number of nitrogens with one attached hydrogen (secondary N) is 1. The maximum absolute atomic E-state index is 11.9. The second-order valence-electron chi connectivity index (χ2n) is 5.93. The molecule has 0 rings (SSSR count). The van der Waals surface area contributed by atoms with Crippen molar-refractivity contribution in [3.8, 4) is 0 Å². The van der Waals surface area contributed by atoms with E-state index in [0.29, 0.717) is 13.0 Å². The molecule has 0 fully saturated rings. The highest BCUT2D eigenvalue weighted by atomic mass is 16.4. The number of likely N-dealkylation sites (N-methyl/N-ethyl adjacent to an activating group) is 1. The first kappa shape index (κ1) is 17.7. The average Bonchev–Trinajstić information content (AvgIpc) is 2.24. The quantitative estimate of drug-likeness (QED) is 0.728. The van der Waals surface area contributed by atoms with Gasteiger partial charge in [0.25, 0.3) is 0 Å². The summed E-state index contributed by atoms with van der Waals surface area (Å²) in [7, 11) is 5.47. The van der Waals surface area contributed by atoms with E-state index in [9.17, 15) is 9.59 Å². The van der Waals surface area contributed by atoms with Gasteiger partial charge in [0.15, 0.2) is 0 Å². The summed E-state index contributed by atoms with van der Waals surface area (Å²) in [6.07, 6.45) is 0.389. The lowest BCUT2D eigenvalue weighted by atomic mass is 9.93. The van der Waals surface area contributed by atoms with Crippen LogP contribution in [0.4, 0.5) is 4.79 Å². The minimum Gasteiger partial charge on any atom is -0.480 e. The molecule has 0 aliphatic heterocycles. The SMILES string of the molecule is CCC(C(=O)O)N(C)C(=O)NCC(C)(C)CN(C)C. The lowest BCUT2D eigenvalue weighted by Gasteiger charge is -2.30. The summed E-state index contributed by atoms with van der Waals surface area (Å²) in [5.74, 6) is -0.979. The zero-order valence-corrected chi connectivity index (χ0v) is 12.9. The van der Waals surface area contributed by atoms with E-state index in [1.807, 2.05) is 14.1 Å². The molecule has 0 aromatic carbocycles. The van der Waals surface area contributed by atoms with Crippen molar-refractivity contribution in [1.82, 2.24) is 15.1 Å². The summed E-state index contributed by atoms with van der Waals surface area (Å²) in [4.78, 5) is 26.2. The van der Waals surface area contributed by atoms with Gasteiger partial charge in [-0.25, -0.2) is 9.59 Å². The number of carbonyl (C=O) groups is 2. The zero-order valence-electron chi connectivity index (χ0n) is 12.9. The van der Waals surface area contributed by atoms with Crippen LogP contribution in [-0.2, 0) is 4.79 Å². The molecule has 0 aliphatic rings. The summed E-state index contributed by atoms with van der Waals surface area (Å²) in [5, 5.41) is 11.8. The number of rotatable bonds is 7. The summed E-state index contributed by atoms with van der Waals surface area (Å²) >= 11 is 0. The molecule has 0 aliphatic carbocycles. The Hall–Kier alpha value is -1.30. The van der Waals surface area contributed by atoms with Crippen LogP contribution < -0.4 is 5.32 Å². The number of nitrogens with zero attached hydrogens (tertiary/aromatic N) is 2. The van der Waals surface area contributed by atoms with Crippen LogP contribution in [0.5, 0.6) is 0 Å². The number of hydrogen-bond donors (Lipinski definition) is 2. The summed E-state index contributed by atoms with van der Waals surface area (Å²) in [6, 6.07) is -1.13. The molecule has 0 spiro atoms. The second-order valence-corrected chi connectivity index (χ2v) is 5.93. The van der Waals surface area contributed by atoms with Crippen LogP contribution >= 0.6 is 0 Å². The molecule has 1 atom stereocenters. The van der Waals surface area contributed by atoms with E-state index >= 15 is 0 Å². The van der Waals surface area contributed by atoms with E-state index in [0.717, 1.165) is 6.54 Å². The molecular weight excluding hydrogens is 246 g/mol.